The van der Waals surface area contributed by atoms with Crippen molar-refractivity contribution in [3.63, 3.8) is 0 Å². The maximum atomic E-state index is 12.7. The van der Waals surface area contributed by atoms with Crippen molar-refractivity contribution >= 4 is 19.8 Å². The Morgan fingerprint density at radius 2 is 1.19 bits per heavy atom. The summed E-state index contributed by atoms with van der Waals surface area (Å²) in [5.74, 6) is -0.872. The summed E-state index contributed by atoms with van der Waals surface area (Å²) in [5.41, 5.74) is 0. The third-order valence-electron chi connectivity index (χ3n) is 9.33. The molecule has 3 unspecified atom stereocenters. The number of carbonyl (C=O) groups is 2. The fraction of sp³-hybridized carbons (Fsp3) is 0.814. The van der Waals surface area contributed by atoms with Crippen LogP contribution in [0.2, 0.25) is 0 Å². The number of nitrogens with zero attached hydrogens (tertiary/aromatic N) is 1. The molecule has 0 aromatic carbocycles. The fourth-order valence-electron chi connectivity index (χ4n) is 5.81. The number of carbonyl (C=O) groups excluding carboxylic acids is 2. The van der Waals surface area contributed by atoms with Gasteiger partial charge in [-0.2, -0.15) is 0 Å². The molecule has 0 saturated carbocycles. The van der Waals surface area contributed by atoms with E-state index in [0.29, 0.717) is 23.9 Å². The van der Waals surface area contributed by atoms with Crippen LogP contribution < -0.4 is 0 Å². The number of ether oxygens (including phenoxy) is 3. The lowest BCUT2D eigenvalue weighted by atomic mass is 10.0. The molecule has 54 heavy (non-hydrogen) atoms. The van der Waals surface area contributed by atoms with E-state index in [-0.39, 0.29) is 44.2 Å². The molecule has 1 aliphatic rings. The van der Waals surface area contributed by atoms with Crippen molar-refractivity contribution in [2.24, 2.45) is 0 Å². The normalized spacial score (nSPS) is 17.7. The molecule has 0 aromatic rings. The lowest BCUT2D eigenvalue weighted by Gasteiger charge is -2.24. The van der Waals surface area contributed by atoms with Gasteiger partial charge in [-0.1, -0.05) is 134 Å². The standard InChI is InChI=1S/C43H78NO9P/c1-6-8-10-12-14-16-17-18-20-22-24-29-33-42(45)49-37-39(38-51-54(47,48)50-36-35-44(3,4)5)52-43(46)34-30-26-25-28-32-41-40(53-41)31-27-23-21-19-15-13-11-9-7-2/h15,19,23,25,27-28,39-41H,6-14,16-18,20-22,24,26,29-38H2,1-5H3/p+1/b19-15-,27-23-,28-25-/t39-,40?,41?/m1/s1. The van der Waals surface area contributed by atoms with E-state index in [0.717, 1.165) is 44.9 Å². The van der Waals surface area contributed by atoms with Crippen LogP contribution in [-0.4, -0.2) is 87.1 Å². The number of epoxide rings is 1. The molecule has 0 aliphatic carbocycles. The van der Waals surface area contributed by atoms with Crippen LogP contribution in [0, 0.1) is 0 Å². The summed E-state index contributed by atoms with van der Waals surface area (Å²) >= 11 is 0. The summed E-state index contributed by atoms with van der Waals surface area (Å²) in [7, 11) is 1.43. The summed E-state index contributed by atoms with van der Waals surface area (Å²) < 4.78 is 40.0. The Morgan fingerprint density at radius 3 is 1.81 bits per heavy atom. The first kappa shape index (κ1) is 50.2. The quantitative estimate of drug-likeness (QED) is 0.0164. The molecule has 4 atom stereocenters. The molecule has 0 aromatic heterocycles. The van der Waals surface area contributed by atoms with Crippen LogP contribution in [0.4, 0.5) is 0 Å². The van der Waals surface area contributed by atoms with Gasteiger partial charge in [0.05, 0.1) is 40.0 Å². The summed E-state index contributed by atoms with van der Waals surface area (Å²) in [6.45, 7) is 4.30. The smallest absolute Gasteiger partial charge is 0.462 e. The number of hydrogen-bond acceptors (Lipinski definition) is 8. The Labute approximate surface area is 329 Å². The molecule has 1 saturated heterocycles. The van der Waals surface area contributed by atoms with Crippen molar-refractivity contribution < 1.29 is 46.8 Å². The lowest BCUT2D eigenvalue weighted by Crippen LogP contribution is -2.37. The highest BCUT2D eigenvalue weighted by molar-refractivity contribution is 7.47. The molecule has 1 heterocycles. The van der Waals surface area contributed by atoms with Gasteiger partial charge in [0.1, 0.15) is 19.8 Å². The molecule has 1 rings (SSSR count). The van der Waals surface area contributed by atoms with E-state index in [4.69, 9.17) is 23.3 Å². The van der Waals surface area contributed by atoms with Crippen molar-refractivity contribution in [3.05, 3.63) is 36.5 Å². The Morgan fingerprint density at radius 1 is 0.667 bits per heavy atom. The molecule has 314 valence electrons. The van der Waals surface area contributed by atoms with Crippen molar-refractivity contribution in [3.8, 4) is 0 Å². The molecule has 1 aliphatic heterocycles. The van der Waals surface area contributed by atoms with Crippen molar-refractivity contribution in [1.29, 1.82) is 0 Å². The predicted octanol–water partition coefficient (Wildman–Crippen LogP) is 10.7. The van der Waals surface area contributed by atoms with Gasteiger partial charge in [0.25, 0.3) is 0 Å². The number of quaternary nitrogens is 1. The molecule has 0 bridgehead atoms. The first-order chi connectivity index (χ1) is 26.0. The molecule has 0 amide bonds. The van der Waals surface area contributed by atoms with E-state index in [2.05, 4.69) is 50.3 Å². The third-order valence-corrected chi connectivity index (χ3v) is 10.3. The van der Waals surface area contributed by atoms with E-state index < -0.39 is 26.5 Å². The fourth-order valence-corrected chi connectivity index (χ4v) is 6.55. The van der Waals surface area contributed by atoms with Gasteiger partial charge in [-0.3, -0.25) is 18.6 Å². The minimum absolute atomic E-state index is 0.0188. The number of likely N-dealkylation sites (N-methyl/N-ethyl adjacent to an activating group) is 1. The van der Waals surface area contributed by atoms with Gasteiger partial charge in [0.15, 0.2) is 6.10 Å². The maximum absolute atomic E-state index is 12.7. The number of esters is 2. The summed E-state index contributed by atoms with van der Waals surface area (Å²) in [6, 6.07) is 0. The molecule has 1 N–H and O–H groups in total. The minimum Gasteiger partial charge on any atom is -0.462 e. The number of phosphoric acid groups is 1. The van der Waals surface area contributed by atoms with Crippen LogP contribution in [0.25, 0.3) is 0 Å². The second-order valence-corrected chi connectivity index (χ2v) is 17.2. The van der Waals surface area contributed by atoms with Crippen LogP contribution in [-0.2, 0) is 37.4 Å². The Kier molecular flexibility index (Phi) is 30.0. The van der Waals surface area contributed by atoms with E-state index in [9.17, 15) is 19.0 Å². The SMILES string of the molecule is CCCCC/C=C\C/C=C\CC1OC1C/C=C\CCCC(=O)O[C@H](COC(=O)CCCCCCCCCCCCCC)COP(=O)(O)OCC[N+](C)(C)C. The average molecular weight is 785 g/mol. The number of phosphoric ester groups is 1. The highest BCUT2D eigenvalue weighted by atomic mass is 31.2. The summed E-state index contributed by atoms with van der Waals surface area (Å²) in [4.78, 5) is 35.3. The Bertz CT molecular complexity index is 1090. The molecule has 11 heteroatoms. The maximum Gasteiger partial charge on any atom is 0.472 e. The van der Waals surface area contributed by atoms with Crippen LogP contribution in [0.5, 0.6) is 0 Å². The topological polar surface area (TPSA) is 121 Å². The van der Waals surface area contributed by atoms with E-state index in [1.165, 1.54) is 77.0 Å². The number of allylic oxidation sites excluding steroid dienone is 4. The Hall–Kier alpha value is -1.81. The zero-order valence-electron chi connectivity index (χ0n) is 34.9. The van der Waals surface area contributed by atoms with Gasteiger partial charge in [0, 0.05) is 12.8 Å². The van der Waals surface area contributed by atoms with Gasteiger partial charge in [-0.15, -0.1) is 0 Å². The van der Waals surface area contributed by atoms with E-state index >= 15 is 0 Å². The van der Waals surface area contributed by atoms with Crippen LogP contribution in [0.3, 0.4) is 0 Å². The van der Waals surface area contributed by atoms with Crippen molar-refractivity contribution in [2.45, 2.75) is 180 Å². The zero-order chi connectivity index (χ0) is 39.8. The largest absolute Gasteiger partial charge is 0.472 e. The molecule has 0 spiro atoms. The van der Waals surface area contributed by atoms with Crippen LogP contribution in [0.1, 0.15) is 162 Å². The highest BCUT2D eigenvalue weighted by Crippen LogP contribution is 2.43. The van der Waals surface area contributed by atoms with Gasteiger partial charge < -0.3 is 23.6 Å². The molecule has 0 radical (unpaired) electrons. The van der Waals surface area contributed by atoms with Gasteiger partial charge >= 0.3 is 19.8 Å². The van der Waals surface area contributed by atoms with Gasteiger partial charge in [-0.25, -0.2) is 4.57 Å². The van der Waals surface area contributed by atoms with E-state index in [1.807, 2.05) is 21.1 Å². The molecular weight excluding hydrogens is 705 g/mol. The minimum atomic E-state index is -4.39. The highest BCUT2D eigenvalue weighted by Gasteiger charge is 2.36. The second kappa shape index (κ2) is 32.3. The van der Waals surface area contributed by atoms with Crippen molar-refractivity contribution in [1.82, 2.24) is 0 Å². The number of hydrogen-bond donors (Lipinski definition) is 1. The lowest BCUT2D eigenvalue weighted by molar-refractivity contribution is -0.870. The number of rotatable bonds is 37. The van der Waals surface area contributed by atoms with Gasteiger partial charge in [-0.05, 0) is 51.4 Å². The van der Waals surface area contributed by atoms with Gasteiger partial charge in [0.2, 0.25) is 0 Å². The predicted molar refractivity (Wildman–Crippen MR) is 219 cm³/mol. The van der Waals surface area contributed by atoms with Crippen LogP contribution >= 0.6 is 7.82 Å². The summed E-state index contributed by atoms with van der Waals surface area (Å²) in [6.07, 6.45) is 36.5. The molecular formula is C43H79NO9P+. The first-order valence-electron chi connectivity index (χ1n) is 21.3. The molecule has 1 fully saturated rings. The Balaban J connectivity index is 2.35. The third kappa shape index (κ3) is 32.4. The van der Waals surface area contributed by atoms with E-state index in [1.54, 1.807) is 0 Å². The number of unbranched alkanes of at least 4 members (excludes halogenated alkanes) is 15. The average Bonchev–Trinajstić information content (AvgIpc) is 3.87. The summed E-state index contributed by atoms with van der Waals surface area (Å²) in [5, 5.41) is 0. The van der Waals surface area contributed by atoms with Crippen molar-refractivity contribution in [2.75, 3.05) is 47.5 Å². The second-order valence-electron chi connectivity index (χ2n) is 15.8. The zero-order valence-corrected chi connectivity index (χ0v) is 35.8. The first-order valence-corrected chi connectivity index (χ1v) is 22.8. The molecule has 10 nitrogen and oxygen atoms in total. The monoisotopic (exact) mass is 785 g/mol. The van der Waals surface area contributed by atoms with Crippen LogP contribution in [0.15, 0.2) is 36.5 Å².